The molecule has 1 N–H and O–H groups in total. The summed E-state index contributed by atoms with van der Waals surface area (Å²) in [6.45, 7) is 5.44. The third-order valence-electron chi connectivity index (χ3n) is 2.94. The average molecular weight is 252 g/mol. The number of nitrogens with zero attached hydrogens (tertiary/aromatic N) is 1. The number of thiophene rings is 1. The second kappa shape index (κ2) is 4.87. The van der Waals surface area contributed by atoms with Gasteiger partial charge in [-0.3, -0.25) is 9.59 Å². The highest BCUT2D eigenvalue weighted by Crippen LogP contribution is 2.23. The summed E-state index contributed by atoms with van der Waals surface area (Å²) in [4.78, 5) is 27.0. The number of amides is 2. The van der Waals surface area contributed by atoms with Gasteiger partial charge < -0.3 is 10.2 Å². The molecule has 1 aromatic rings. The predicted molar refractivity (Wildman–Crippen MR) is 67.3 cm³/mol. The molecule has 2 amide bonds. The number of piperazine rings is 1. The average Bonchev–Trinajstić information content (AvgIpc) is 2.69. The van der Waals surface area contributed by atoms with Crippen molar-refractivity contribution < 1.29 is 9.59 Å². The Morgan fingerprint density at radius 3 is 2.94 bits per heavy atom. The molecule has 1 aliphatic rings. The second-order valence-electron chi connectivity index (χ2n) is 4.12. The van der Waals surface area contributed by atoms with Crippen LogP contribution < -0.4 is 5.32 Å². The lowest BCUT2D eigenvalue weighted by Crippen LogP contribution is -2.49. The van der Waals surface area contributed by atoms with Crippen molar-refractivity contribution in [1.82, 2.24) is 10.2 Å². The molecule has 92 valence electrons. The maximum atomic E-state index is 12.2. The Morgan fingerprint density at radius 2 is 2.35 bits per heavy atom. The number of hydrogen-bond acceptors (Lipinski definition) is 3. The van der Waals surface area contributed by atoms with E-state index in [1.54, 1.807) is 4.90 Å². The van der Waals surface area contributed by atoms with Crippen LogP contribution in [0.5, 0.6) is 0 Å². The minimum atomic E-state index is -0.0754. The first-order valence-electron chi connectivity index (χ1n) is 5.77. The first kappa shape index (κ1) is 12.1. The molecular formula is C12H16N2O2S. The van der Waals surface area contributed by atoms with E-state index in [4.69, 9.17) is 0 Å². The Hall–Kier alpha value is -1.36. The highest BCUT2D eigenvalue weighted by molar-refractivity contribution is 7.14. The molecule has 0 aromatic carbocycles. The lowest BCUT2D eigenvalue weighted by Gasteiger charge is -2.26. The molecule has 0 atom stereocenters. The topological polar surface area (TPSA) is 49.4 Å². The van der Waals surface area contributed by atoms with Crippen molar-refractivity contribution >= 4 is 23.2 Å². The van der Waals surface area contributed by atoms with E-state index in [1.807, 2.05) is 13.0 Å². The molecule has 0 spiro atoms. The van der Waals surface area contributed by atoms with Crippen molar-refractivity contribution in [3.63, 3.8) is 0 Å². The van der Waals surface area contributed by atoms with Crippen LogP contribution in [0, 0.1) is 6.92 Å². The van der Waals surface area contributed by atoms with Gasteiger partial charge in [-0.2, -0.15) is 0 Å². The molecule has 0 bridgehead atoms. The van der Waals surface area contributed by atoms with Crippen LogP contribution in [0.4, 0.5) is 0 Å². The summed E-state index contributed by atoms with van der Waals surface area (Å²) in [7, 11) is 0. The van der Waals surface area contributed by atoms with Gasteiger partial charge in [0.1, 0.15) is 0 Å². The van der Waals surface area contributed by atoms with Gasteiger partial charge in [-0.15, -0.1) is 11.3 Å². The van der Waals surface area contributed by atoms with E-state index in [0.29, 0.717) is 13.1 Å². The van der Waals surface area contributed by atoms with Gasteiger partial charge in [0.2, 0.25) is 5.91 Å². The lowest BCUT2D eigenvalue weighted by molar-refractivity contribution is -0.123. The van der Waals surface area contributed by atoms with Crippen molar-refractivity contribution in [2.45, 2.75) is 20.3 Å². The quantitative estimate of drug-likeness (QED) is 0.859. The molecule has 2 heterocycles. The molecule has 0 saturated carbocycles. The summed E-state index contributed by atoms with van der Waals surface area (Å²) in [5.41, 5.74) is 1.22. The fourth-order valence-corrected chi connectivity index (χ4v) is 3.03. The van der Waals surface area contributed by atoms with Crippen molar-refractivity contribution in [3.8, 4) is 0 Å². The first-order chi connectivity index (χ1) is 8.11. The highest BCUT2D eigenvalue weighted by Gasteiger charge is 2.23. The maximum Gasteiger partial charge on any atom is 0.264 e. The van der Waals surface area contributed by atoms with Crippen LogP contribution in [0.2, 0.25) is 0 Å². The monoisotopic (exact) mass is 252 g/mol. The van der Waals surface area contributed by atoms with Gasteiger partial charge in [0.15, 0.2) is 0 Å². The van der Waals surface area contributed by atoms with E-state index in [-0.39, 0.29) is 18.4 Å². The third-order valence-corrected chi connectivity index (χ3v) is 4.02. The van der Waals surface area contributed by atoms with Gasteiger partial charge in [0.25, 0.3) is 5.91 Å². The zero-order valence-electron chi connectivity index (χ0n) is 10.1. The van der Waals surface area contributed by atoms with Crippen LogP contribution in [-0.4, -0.2) is 36.3 Å². The molecule has 1 aliphatic heterocycles. The lowest BCUT2D eigenvalue weighted by atomic mass is 10.2. The Morgan fingerprint density at radius 1 is 1.59 bits per heavy atom. The van der Waals surface area contributed by atoms with E-state index in [9.17, 15) is 9.59 Å². The number of aryl methyl sites for hydroxylation is 2. The van der Waals surface area contributed by atoms with Crippen molar-refractivity contribution in [3.05, 3.63) is 21.4 Å². The summed E-state index contributed by atoms with van der Waals surface area (Å²) < 4.78 is 0. The number of hydrogen-bond donors (Lipinski definition) is 1. The summed E-state index contributed by atoms with van der Waals surface area (Å²) in [6, 6.07) is 1.95. The van der Waals surface area contributed by atoms with Crippen LogP contribution in [0.3, 0.4) is 0 Å². The molecule has 0 radical (unpaired) electrons. The number of carbonyl (C=O) groups is 2. The van der Waals surface area contributed by atoms with Crippen LogP contribution >= 0.6 is 11.3 Å². The molecule has 5 heteroatoms. The molecule has 17 heavy (non-hydrogen) atoms. The van der Waals surface area contributed by atoms with E-state index in [0.717, 1.165) is 11.3 Å². The molecule has 0 unspecified atom stereocenters. The Kier molecular flexibility index (Phi) is 3.47. The molecule has 0 aliphatic carbocycles. The smallest absolute Gasteiger partial charge is 0.264 e. The molecule has 1 fully saturated rings. The Labute approximate surface area is 105 Å². The van der Waals surface area contributed by atoms with Crippen molar-refractivity contribution in [2.75, 3.05) is 19.6 Å². The predicted octanol–water partition coefficient (Wildman–Crippen LogP) is 1.19. The van der Waals surface area contributed by atoms with Crippen LogP contribution in [0.1, 0.15) is 27.0 Å². The fourth-order valence-electron chi connectivity index (χ4n) is 1.94. The van der Waals surface area contributed by atoms with Crippen molar-refractivity contribution in [1.29, 1.82) is 0 Å². The summed E-state index contributed by atoms with van der Waals surface area (Å²) in [5, 5.41) is 2.72. The number of carbonyl (C=O) groups excluding carboxylic acids is 2. The summed E-state index contributed by atoms with van der Waals surface area (Å²) in [6.07, 6.45) is 0.941. The number of nitrogens with one attached hydrogen (secondary N) is 1. The molecule has 2 rings (SSSR count). The summed E-state index contributed by atoms with van der Waals surface area (Å²) >= 11 is 1.52. The zero-order chi connectivity index (χ0) is 12.4. The van der Waals surface area contributed by atoms with Crippen LogP contribution in [0.15, 0.2) is 6.07 Å². The SMILES string of the molecule is CCc1cc(C(=O)N2CCNC(=O)C2)sc1C. The molecular weight excluding hydrogens is 236 g/mol. The van der Waals surface area contributed by atoms with E-state index in [2.05, 4.69) is 12.2 Å². The summed E-state index contributed by atoms with van der Waals surface area (Å²) in [5.74, 6) is -0.0961. The normalized spacial score (nSPS) is 15.9. The number of rotatable bonds is 2. The molecule has 4 nitrogen and oxygen atoms in total. The van der Waals surface area contributed by atoms with Gasteiger partial charge in [0.05, 0.1) is 11.4 Å². The highest BCUT2D eigenvalue weighted by atomic mass is 32.1. The minimum absolute atomic E-state index is 0.0207. The van der Waals surface area contributed by atoms with E-state index < -0.39 is 0 Å². The van der Waals surface area contributed by atoms with Crippen molar-refractivity contribution in [2.24, 2.45) is 0 Å². The first-order valence-corrected chi connectivity index (χ1v) is 6.58. The zero-order valence-corrected chi connectivity index (χ0v) is 10.9. The van der Waals surface area contributed by atoms with Gasteiger partial charge in [-0.05, 0) is 25.0 Å². The molecule has 1 aromatic heterocycles. The van der Waals surface area contributed by atoms with E-state index >= 15 is 0 Å². The Bertz CT molecular complexity index is 453. The maximum absolute atomic E-state index is 12.2. The second-order valence-corrected chi connectivity index (χ2v) is 5.38. The third kappa shape index (κ3) is 2.49. The minimum Gasteiger partial charge on any atom is -0.353 e. The molecule has 1 saturated heterocycles. The van der Waals surface area contributed by atoms with Crippen LogP contribution in [-0.2, 0) is 11.2 Å². The Balaban J connectivity index is 2.15. The largest absolute Gasteiger partial charge is 0.353 e. The fraction of sp³-hybridized carbons (Fsp3) is 0.500. The van der Waals surface area contributed by atoms with Gasteiger partial charge in [0, 0.05) is 18.0 Å². The van der Waals surface area contributed by atoms with Gasteiger partial charge >= 0.3 is 0 Å². The van der Waals surface area contributed by atoms with Gasteiger partial charge in [-0.1, -0.05) is 6.92 Å². The van der Waals surface area contributed by atoms with Crippen LogP contribution in [0.25, 0.3) is 0 Å². The van der Waals surface area contributed by atoms with E-state index in [1.165, 1.54) is 21.8 Å². The standard InChI is InChI=1S/C12H16N2O2S/c1-3-9-6-10(17-8(9)2)12(16)14-5-4-13-11(15)7-14/h6H,3-5,7H2,1-2H3,(H,13,15). The van der Waals surface area contributed by atoms with Gasteiger partial charge in [-0.25, -0.2) is 0 Å².